The molecule has 10 heteroatoms. The van der Waals surface area contributed by atoms with E-state index in [-0.39, 0.29) is 16.4 Å². The second-order valence-corrected chi connectivity index (χ2v) is 7.20. The van der Waals surface area contributed by atoms with Gasteiger partial charge in [-0.15, -0.1) is 0 Å². The van der Waals surface area contributed by atoms with Gasteiger partial charge in [0, 0.05) is 9.99 Å². The first-order chi connectivity index (χ1) is 9.61. The zero-order valence-electron chi connectivity index (χ0n) is 10.5. The van der Waals surface area contributed by atoms with E-state index in [1.807, 2.05) is 22.6 Å². The highest BCUT2D eigenvalue weighted by Gasteiger charge is 2.56. The van der Waals surface area contributed by atoms with Gasteiger partial charge in [-0.2, -0.15) is 21.6 Å². The lowest BCUT2D eigenvalue weighted by atomic mass is 10.1. The number of ether oxygens (including phenoxy) is 1. The van der Waals surface area contributed by atoms with Gasteiger partial charge >= 0.3 is 21.5 Å². The molecule has 0 fully saturated rings. The quantitative estimate of drug-likeness (QED) is 0.527. The molecule has 0 N–H and O–H groups in total. The summed E-state index contributed by atoms with van der Waals surface area (Å²) in [6.45, 7) is 0. The van der Waals surface area contributed by atoms with Crippen LogP contribution in [0.15, 0.2) is 18.2 Å². The summed E-state index contributed by atoms with van der Waals surface area (Å²) in [6, 6.07) is 2.74. The predicted octanol–water partition coefficient (Wildman–Crippen LogP) is 2.04. The van der Waals surface area contributed by atoms with Crippen LogP contribution in [0.1, 0.15) is 5.56 Å². The Morgan fingerprint density at radius 3 is 2.57 bits per heavy atom. The number of halogens is 4. The van der Waals surface area contributed by atoms with E-state index in [1.165, 1.54) is 12.1 Å². The fourth-order valence-corrected chi connectivity index (χ4v) is 3.98. The standard InChI is InChI=1S/C11H9F3INO4S/c1-20-10(17)9-5-6-7(15)3-2-4-8(6)16(9)21(18,19)11(12,13)14/h2-4,9H,5H2,1H3/t9-/m0/s1. The number of hydrogen-bond donors (Lipinski definition) is 0. The molecule has 0 saturated heterocycles. The molecule has 1 atom stereocenters. The fourth-order valence-electron chi connectivity index (χ4n) is 2.12. The second kappa shape index (κ2) is 5.30. The number of hydrogen-bond acceptors (Lipinski definition) is 4. The Morgan fingerprint density at radius 1 is 1.43 bits per heavy atom. The van der Waals surface area contributed by atoms with Gasteiger partial charge in [0.2, 0.25) is 0 Å². The molecule has 1 aliphatic rings. The smallest absolute Gasteiger partial charge is 0.467 e. The molecule has 0 spiro atoms. The summed E-state index contributed by atoms with van der Waals surface area (Å²) in [5.41, 5.74) is -5.27. The van der Waals surface area contributed by atoms with Crippen molar-refractivity contribution in [3.05, 3.63) is 27.3 Å². The maximum absolute atomic E-state index is 12.8. The summed E-state index contributed by atoms with van der Waals surface area (Å²) in [5, 5.41) is 0. The largest absolute Gasteiger partial charge is 0.516 e. The van der Waals surface area contributed by atoms with Crippen LogP contribution in [0.2, 0.25) is 0 Å². The molecule has 1 aromatic rings. The predicted molar refractivity (Wildman–Crippen MR) is 76.1 cm³/mol. The monoisotopic (exact) mass is 435 g/mol. The number of anilines is 1. The van der Waals surface area contributed by atoms with Gasteiger partial charge in [0.25, 0.3) is 0 Å². The number of benzene rings is 1. The molecular formula is C11H9F3INO4S. The van der Waals surface area contributed by atoms with Crippen LogP contribution in [0.4, 0.5) is 18.9 Å². The van der Waals surface area contributed by atoms with Crippen LogP contribution < -0.4 is 4.31 Å². The van der Waals surface area contributed by atoms with Crippen molar-refractivity contribution in [2.75, 3.05) is 11.4 Å². The highest BCUT2D eigenvalue weighted by atomic mass is 127. The number of carbonyl (C=O) groups is 1. The second-order valence-electron chi connectivity index (χ2n) is 4.23. The Labute approximate surface area is 132 Å². The van der Waals surface area contributed by atoms with E-state index in [0.29, 0.717) is 9.13 Å². The van der Waals surface area contributed by atoms with Crippen molar-refractivity contribution in [2.45, 2.75) is 18.0 Å². The van der Waals surface area contributed by atoms with E-state index in [4.69, 9.17) is 0 Å². The number of rotatable bonds is 2. The molecule has 0 aromatic heterocycles. The highest BCUT2D eigenvalue weighted by molar-refractivity contribution is 14.1. The van der Waals surface area contributed by atoms with E-state index >= 15 is 0 Å². The summed E-state index contributed by atoms with van der Waals surface area (Å²) in [6.07, 6.45) is -0.156. The van der Waals surface area contributed by atoms with Gasteiger partial charge in [-0.1, -0.05) is 6.07 Å². The first kappa shape index (κ1) is 16.3. The number of methoxy groups -OCH3 is 1. The molecule has 1 aromatic carbocycles. The summed E-state index contributed by atoms with van der Waals surface area (Å²) in [4.78, 5) is 11.7. The molecule has 1 heterocycles. The van der Waals surface area contributed by atoms with Gasteiger partial charge < -0.3 is 4.74 Å². The third-order valence-electron chi connectivity index (χ3n) is 3.04. The van der Waals surface area contributed by atoms with E-state index in [2.05, 4.69) is 4.74 Å². The van der Waals surface area contributed by atoms with Gasteiger partial charge in [-0.25, -0.2) is 9.10 Å². The minimum atomic E-state index is -5.68. The van der Waals surface area contributed by atoms with Crippen LogP contribution in [-0.4, -0.2) is 33.0 Å². The first-order valence-corrected chi connectivity index (χ1v) is 8.09. The third kappa shape index (κ3) is 2.58. The average Bonchev–Trinajstić information content (AvgIpc) is 2.77. The summed E-state index contributed by atoms with van der Waals surface area (Å²) in [5.74, 6) is -1.03. The number of esters is 1. The Hall–Kier alpha value is -1.04. The van der Waals surface area contributed by atoms with Crippen molar-refractivity contribution in [1.82, 2.24) is 0 Å². The molecule has 1 aliphatic heterocycles. The van der Waals surface area contributed by atoms with Gasteiger partial charge in [-0.05, 0) is 40.3 Å². The molecule has 2 rings (SSSR count). The van der Waals surface area contributed by atoms with Crippen LogP contribution in [0.5, 0.6) is 0 Å². The van der Waals surface area contributed by atoms with Crippen LogP contribution in [-0.2, 0) is 26.0 Å². The van der Waals surface area contributed by atoms with Gasteiger partial charge in [0.05, 0.1) is 12.8 Å². The number of carbonyl (C=O) groups excluding carboxylic acids is 1. The molecule has 0 radical (unpaired) electrons. The number of alkyl halides is 3. The Morgan fingerprint density at radius 2 is 2.05 bits per heavy atom. The number of sulfonamides is 1. The van der Waals surface area contributed by atoms with Gasteiger partial charge in [0.1, 0.15) is 6.04 Å². The molecular weight excluding hydrogens is 426 g/mol. The molecule has 116 valence electrons. The first-order valence-electron chi connectivity index (χ1n) is 5.57. The minimum Gasteiger partial charge on any atom is -0.467 e. The molecule has 0 bridgehead atoms. The van der Waals surface area contributed by atoms with Crippen molar-refractivity contribution in [2.24, 2.45) is 0 Å². The maximum atomic E-state index is 12.8. The van der Waals surface area contributed by atoms with Crippen LogP contribution in [0, 0.1) is 3.57 Å². The Bertz CT molecular complexity index is 689. The van der Waals surface area contributed by atoms with Crippen LogP contribution in [0.25, 0.3) is 0 Å². The molecule has 0 unspecified atom stereocenters. The SMILES string of the molecule is COC(=O)[C@@H]1Cc2c(I)cccc2N1S(=O)(=O)C(F)(F)F. The lowest BCUT2D eigenvalue weighted by Gasteiger charge is -2.25. The zero-order chi connectivity index (χ0) is 16.0. The minimum absolute atomic E-state index is 0.107. The normalized spacial score (nSPS) is 18.5. The van der Waals surface area contributed by atoms with Gasteiger partial charge in [-0.3, -0.25) is 0 Å². The summed E-state index contributed by atoms with van der Waals surface area (Å²) in [7, 11) is -4.69. The van der Waals surface area contributed by atoms with E-state index in [9.17, 15) is 26.4 Å². The summed E-state index contributed by atoms with van der Waals surface area (Å²) >= 11 is 1.88. The lowest BCUT2D eigenvalue weighted by Crippen LogP contribution is -2.48. The lowest BCUT2D eigenvalue weighted by molar-refractivity contribution is -0.141. The van der Waals surface area contributed by atoms with Crippen molar-refractivity contribution < 1.29 is 31.1 Å². The number of nitrogens with zero attached hydrogens (tertiary/aromatic N) is 1. The Kier molecular flexibility index (Phi) is 4.12. The van der Waals surface area contributed by atoms with Crippen molar-refractivity contribution >= 4 is 44.3 Å². The molecule has 5 nitrogen and oxygen atoms in total. The van der Waals surface area contributed by atoms with Crippen molar-refractivity contribution in [1.29, 1.82) is 0 Å². The maximum Gasteiger partial charge on any atom is 0.516 e. The highest BCUT2D eigenvalue weighted by Crippen LogP contribution is 2.41. The van der Waals surface area contributed by atoms with Crippen molar-refractivity contribution in [3.8, 4) is 0 Å². The fraction of sp³-hybridized carbons (Fsp3) is 0.364. The number of fused-ring (bicyclic) bond motifs is 1. The average molecular weight is 435 g/mol. The topological polar surface area (TPSA) is 63.7 Å². The third-order valence-corrected chi connectivity index (χ3v) is 5.60. The molecule has 0 saturated carbocycles. The van der Waals surface area contributed by atoms with Crippen molar-refractivity contribution in [3.63, 3.8) is 0 Å². The van der Waals surface area contributed by atoms with Crippen LogP contribution >= 0.6 is 22.6 Å². The molecule has 0 amide bonds. The Balaban J connectivity index is 2.65. The molecule has 21 heavy (non-hydrogen) atoms. The van der Waals surface area contributed by atoms with Gasteiger partial charge in [0.15, 0.2) is 0 Å². The molecule has 0 aliphatic carbocycles. The van der Waals surface area contributed by atoms with E-state index in [0.717, 1.165) is 7.11 Å². The van der Waals surface area contributed by atoms with Crippen LogP contribution in [0.3, 0.4) is 0 Å². The zero-order valence-corrected chi connectivity index (χ0v) is 13.5. The van der Waals surface area contributed by atoms with E-state index in [1.54, 1.807) is 6.07 Å². The van der Waals surface area contributed by atoms with E-state index < -0.39 is 27.5 Å². The summed E-state index contributed by atoms with van der Waals surface area (Å²) < 4.78 is 67.1.